The Bertz CT molecular complexity index is 563. The summed E-state index contributed by atoms with van der Waals surface area (Å²) in [7, 11) is 1.83. The van der Waals surface area contributed by atoms with Gasteiger partial charge in [0, 0.05) is 59.0 Å². The van der Waals surface area contributed by atoms with Crippen molar-refractivity contribution in [1.82, 2.24) is 20.3 Å². The van der Waals surface area contributed by atoms with Crippen molar-refractivity contribution in [3.05, 3.63) is 17.5 Å². The smallest absolute Gasteiger partial charge is 0.193 e. The molecule has 146 valence electrons. The van der Waals surface area contributed by atoms with Crippen LogP contribution >= 0.6 is 0 Å². The molecule has 26 heavy (non-hydrogen) atoms. The van der Waals surface area contributed by atoms with E-state index in [-0.39, 0.29) is 6.10 Å². The Morgan fingerprint density at radius 3 is 2.88 bits per heavy atom. The lowest BCUT2D eigenvalue weighted by molar-refractivity contribution is 0.0189. The van der Waals surface area contributed by atoms with Gasteiger partial charge in [0.15, 0.2) is 5.96 Å². The minimum atomic E-state index is 0.288. The minimum absolute atomic E-state index is 0.288. The molecule has 1 aromatic rings. The molecular weight excluding hydrogens is 334 g/mol. The molecular formula is C18H31N5O3. The molecule has 0 aliphatic carbocycles. The Labute approximate surface area is 155 Å². The molecule has 8 heteroatoms. The molecule has 2 fully saturated rings. The summed E-state index contributed by atoms with van der Waals surface area (Å²) in [4.78, 5) is 9.10. The second-order valence-electron chi connectivity index (χ2n) is 6.88. The van der Waals surface area contributed by atoms with Crippen LogP contribution in [0.25, 0.3) is 0 Å². The highest BCUT2D eigenvalue weighted by Crippen LogP contribution is 2.12. The van der Waals surface area contributed by atoms with Crippen LogP contribution in [0.2, 0.25) is 0 Å². The number of aromatic nitrogens is 1. The number of aryl methyl sites for hydroxylation is 1. The molecule has 0 radical (unpaired) electrons. The number of nitrogens with one attached hydrogen (secondary N) is 1. The van der Waals surface area contributed by atoms with Crippen LogP contribution in [-0.4, -0.2) is 86.6 Å². The number of nitrogens with zero attached hydrogens (tertiary/aromatic N) is 4. The highest BCUT2D eigenvalue weighted by atomic mass is 16.5. The van der Waals surface area contributed by atoms with E-state index in [1.165, 1.54) is 0 Å². The number of piperazine rings is 1. The van der Waals surface area contributed by atoms with Gasteiger partial charge in [-0.15, -0.1) is 0 Å². The lowest BCUT2D eigenvalue weighted by Crippen LogP contribution is -2.52. The van der Waals surface area contributed by atoms with Gasteiger partial charge in [0.1, 0.15) is 5.76 Å². The van der Waals surface area contributed by atoms with Crippen molar-refractivity contribution in [2.45, 2.75) is 32.4 Å². The maximum atomic E-state index is 5.70. The molecule has 1 aromatic heterocycles. The molecule has 2 aliphatic heterocycles. The van der Waals surface area contributed by atoms with Gasteiger partial charge in [-0.25, -0.2) is 0 Å². The molecule has 2 aliphatic rings. The summed E-state index contributed by atoms with van der Waals surface area (Å²) in [5.74, 6) is 1.81. The quantitative estimate of drug-likeness (QED) is 0.437. The zero-order chi connectivity index (χ0) is 18.2. The third kappa shape index (κ3) is 5.69. The molecule has 1 unspecified atom stereocenters. The lowest BCUT2D eigenvalue weighted by atomic mass is 10.2. The van der Waals surface area contributed by atoms with Crippen LogP contribution in [0.5, 0.6) is 0 Å². The standard InChI is InChI=1S/C18H31N5O3/c1-15-12-16(21-26-15)13-22-6-8-23(9-7-22)18(19-2)20-5-11-24-14-17-4-3-10-25-17/h12,17H,3-11,13-14H2,1-2H3,(H,19,20). The first-order valence-corrected chi connectivity index (χ1v) is 9.54. The Morgan fingerprint density at radius 1 is 1.38 bits per heavy atom. The van der Waals surface area contributed by atoms with E-state index < -0.39 is 0 Å². The number of hydrogen-bond donors (Lipinski definition) is 1. The maximum absolute atomic E-state index is 5.70. The monoisotopic (exact) mass is 365 g/mol. The fourth-order valence-electron chi connectivity index (χ4n) is 3.40. The molecule has 0 bridgehead atoms. The largest absolute Gasteiger partial charge is 0.377 e. The van der Waals surface area contributed by atoms with Gasteiger partial charge in [-0.05, 0) is 19.8 Å². The molecule has 1 N–H and O–H groups in total. The van der Waals surface area contributed by atoms with E-state index in [2.05, 4.69) is 25.3 Å². The number of guanidine groups is 1. The van der Waals surface area contributed by atoms with Gasteiger partial charge < -0.3 is 24.2 Å². The van der Waals surface area contributed by atoms with Gasteiger partial charge in [0.05, 0.1) is 25.0 Å². The van der Waals surface area contributed by atoms with Crippen LogP contribution in [0.3, 0.4) is 0 Å². The van der Waals surface area contributed by atoms with Gasteiger partial charge in [0.25, 0.3) is 0 Å². The normalized spacial score (nSPS) is 22.2. The topological polar surface area (TPSA) is 75.4 Å². The van der Waals surface area contributed by atoms with Gasteiger partial charge in [-0.3, -0.25) is 9.89 Å². The van der Waals surface area contributed by atoms with E-state index in [9.17, 15) is 0 Å². The fraction of sp³-hybridized carbons (Fsp3) is 0.778. The van der Waals surface area contributed by atoms with Crippen LogP contribution in [0, 0.1) is 6.92 Å². The summed E-state index contributed by atoms with van der Waals surface area (Å²) in [6.07, 6.45) is 2.56. The average Bonchev–Trinajstić information content (AvgIpc) is 3.31. The number of rotatable bonds is 7. The van der Waals surface area contributed by atoms with Crippen molar-refractivity contribution in [3.8, 4) is 0 Å². The first-order valence-electron chi connectivity index (χ1n) is 9.54. The zero-order valence-electron chi connectivity index (χ0n) is 15.9. The Hall–Kier alpha value is -1.64. The molecule has 0 amide bonds. The molecule has 0 saturated carbocycles. The summed E-state index contributed by atoms with van der Waals surface area (Å²) in [5, 5.41) is 7.47. The molecule has 8 nitrogen and oxygen atoms in total. The predicted molar refractivity (Wildman–Crippen MR) is 99.2 cm³/mol. The third-order valence-electron chi connectivity index (χ3n) is 4.80. The average molecular weight is 365 g/mol. The molecule has 2 saturated heterocycles. The molecule has 3 heterocycles. The predicted octanol–water partition coefficient (Wildman–Crippen LogP) is 0.872. The van der Waals surface area contributed by atoms with Gasteiger partial charge in [-0.1, -0.05) is 5.16 Å². The maximum Gasteiger partial charge on any atom is 0.193 e. The molecule has 0 spiro atoms. The highest BCUT2D eigenvalue weighted by Gasteiger charge is 2.20. The van der Waals surface area contributed by atoms with Crippen molar-refractivity contribution in [3.63, 3.8) is 0 Å². The van der Waals surface area contributed by atoms with Gasteiger partial charge in [0.2, 0.25) is 0 Å². The van der Waals surface area contributed by atoms with Crippen LogP contribution in [-0.2, 0) is 16.0 Å². The van der Waals surface area contributed by atoms with Crippen molar-refractivity contribution >= 4 is 5.96 Å². The Balaban J connectivity index is 1.31. The summed E-state index contributed by atoms with van der Waals surface area (Å²) >= 11 is 0. The van der Waals surface area contributed by atoms with Crippen molar-refractivity contribution in [1.29, 1.82) is 0 Å². The first-order chi connectivity index (χ1) is 12.7. The van der Waals surface area contributed by atoms with E-state index in [0.29, 0.717) is 13.2 Å². The van der Waals surface area contributed by atoms with Crippen molar-refractivity contribution in [2.75, 3.05) is 59.6 Å². The second kappa shape index (κ2) is 9.89. The van der Waals surface area contributed by atoms with E-state index in [1.807, 2.05) is 20.0 Å². The SMILES string of the molecule is CN=C(NCCOCC1CCCO1)N1CCN(Cc2cc(C)on2)CC1. The van der Waals surface area contributed by atoms with E-state index >= 15 is 0 Å². The minimum Gasteiger partial charge on any atom is -0.377 e. The molecule has 0 aromatic carbocycles. The summed E-state index contributed by atoms with van der Waals surface area (Å²) < 4.78 is 16.4. The Morgan fingerprint density at radius 2 is 2.23 bits per heavy atom. The first kappa shape index (κ1) is 19.1. The Kier molecular flexibility index (Phi) is 7.28. The second-order valence-corrected chi connectivity index (χ2v) is 6.88. The van der Waals surface area contributed by atoms with E-state index in [1.54, 1.807) is 0 Å². The lowest BCUT2D eigenvalue weighted by Gasteiger charge is -2.36. The van der Waals surface area contributed by atoms with Crippen molar-refractivity contribution in [2.24, 2.45) is 4.99 Å². The van der Waals surface area contributed by atoms with Crippen LogP contribution in [0.1, 0.15) is 24.3 Å². The summed E-state index contributed by atoms with van der Waals surface area (Å²) in [5.41, 5.74) is 1.00. The van der Waals surface area contributed by atoms with Gasteiger partial charge >= 0.3 is 0 Å². The summed E-state index contributed by atoms with van der Waals surface area (Å²) in [6, 6.07) is 2.00. The van der Waals surface area contributed by atoms with Crippen LogP contribution in [0.4, 0.5) is 0 Å². The third-order valence-corrected chi connectivity index (χ3v) is 4.80. The number of hydrogen-bond acceptors (Lipinski definition) is 6. The fourth-order valence-corrected chi connectivity index (χ4v) is 3.40. The highest BCUT2D eigenvalue weighted by molar-refractivity contribution is 5.79. The number of ether oxygens (including phenoxy) is 2. The van der Waals surface area contributed by atoms with Crippen LogP contribution < -0.4 is 5.32 Å². The molecule has 3 rings (SSSR count). The zero-order valence-corrected chi connectivity index (χ0v) is 15.9. The van der Waals surface area contributed by atoms with Crippen molar-refractivity contribution < 1.29 is 14.0 Å². The van der Waals surface area contributed by atoms with Crippen LogP contribution in [0.15, 0.2) is 15.6 Å². The van der Waals surface area contributed by atoms with E-state index in [4.69, 9.17) is 14.0 Å². The van der Waals surface area contributed by atoms with Gasteiger partial charge in [-0.2, -0.15) is 0 Å². The molecule has 1 atom stereocenters. The summed E-state index contributed by atoms with van der Waals surface area (Å²) in [6.45, 7) is 9.65. The number of aliphatic imine (C=N–C) groups is 1. The van der Waals surface area contributed by atoms with E-state index in [0.717, 1.165) is 76.1 Å².